The average molecular weight is 335 g/mol. The molecule has 3 rings (SSSR count). The van der Waals surface area contributed by atoms with E-state index in [4.69, 9.17) is 11.6 Å². The van der Waals surface area contributed by atoms with Crippen molar-refractivity contribution in [1.29, 1.82) is 0 Å². The zero-order valence-corrected chi connectivity index (χ0v) is 14.1. The number of H-pyrrole nitrogens is 1. The van der Waals surface area contributed by atoms with Crippen molar-refractivity contribution in [3.05, 3.63) is 45.2 Å². The molecule has 1 aliphatic rings. The first-order valence-electron chi connectivity index (χ1n) is 8.28. The molecule has 5 heteroatoms. The van der Waals surface area contributed by atoms with Gasteiger partial charge in [-0.1, -0.05) is 24.6 Å². The Bertz CT molecular complexity index is 735. The second-order valence-electron chi connectivity index (χ2n) is 6.44. The van der Waals surface area contributed by atoms with Gasteiger partial charge in [0.2, 0.25) is 0 Å². The van der Waals surface area contributed by atoms with E-state index in [1.807, 2.05) is 25.1 Å². The maximum Gasteiger partial charge on any atom is 0.252 e. The minimum Gasteiger partial charge on any atom is -0.393 e. The summed E-state index contributed by atoms with van der Waals surface area (Å²) in [6.45, 7) is 4.54. The number of rotatable bonds is 4. The largest absolute Gasteiger partial charge is 0.393 e. The third-order valence-corrected chi connectivity index (χ3v) is 5.11. The van der Waals surface area contributed by atoms with E-state index < -0.39 is 0 Å². The Morgan fingerprint density at radius 2 is 2.09 bits per heavy atom. The molecule has 1 saturated heterocycles. The molecule has 1 aliphatic heterocycles. The van der Waals surface area contributed by atoms with Gasteiger partial charge < -0.3 is 10.1 Å². The summed E-state index contributed by atoms with van der Waals surface area (Å²) in [6.07, 6.45) is 2.62. The van der Waals surface area contributed by atoms with Gasteiger partial charge in [0.1, 0.15) is 0 Å². The number of aliphatic hydroxyl groups is 1. The lowest BCUT2D eigenvalue weighted by Crippen LogP contribution is -2.38. The van der Waals surface area contributed by atoms with Crippen LogP contribution >= 0.6 is 11.6 Å². The van der Waals surface area contributed by atoms with E-state index >= 15 is 0 Å². The standard InChI is InChI=1S/C18H23ClN2O2/c1-2-17(22)12-5-7-21(8-6-12)11-14-9-13-3-4-15(19)10-16(13)20-18(14)23/h3-4,9-10,12,17,22H,2,5-8,11H2,1H3,(H,20,23)/t17-/m0/s1. The fourth-order valence-electron chi connectivity index (χ4n) is 3.41. The van der Waals surface area contributed by atoms with Gasteiger partial charge in [-0.15, -0.1) is 0 Å². The van der Waals surface area contributed by atoms with Crippen LogP contribution in [-0.4, -0.2) is 34.2 Å². The van der Waals surface area contributed by atoms with Crippen LogP contribution in [0.15, 0.2) is 29.1 Å². The van der Waals surface area contributed by atoms with E-state index in [2.05, 4.69) is 9.88 Å². The SMILES string of the molecule is CC[C@H](O)C1CCN(Cc2cc3ccc(Cl)cc3[nH]c2=O)CC1. The number of piperidine rings is 1. The number of benzene rings is 1. The molecule has 0 unspecified atom stereocenters. The molecular weight excluding hydrogens is 312 g/mol. The molecule has 2 heterocycles. The van der Waals surface area contributed by atoms with E-state index in [-0.39, 0.29) is 11.7 Å². The zero-order valence-electron chi connectivity index (χ0n) is 13.4. The van der Waals surface area contributed by atoms with Gasteiger partial charge in [-0.2, -0.15) is 0 Å². The molecule has 0 saturated carbocycles. The van der Waals surface area contributed by atoms with Crippen molar-refractivity contribution in [3.8, 4) is 0 Å². The van der Waals surface area contributed by atoms with E-state index in [1.54, 1.807) is 6.07 Å². The minimum atomic E-state index is -0.189. The Balaban J connectivity index is 1.71. The number of aromatic amines is 1. The first-order chi connectivity index (χ1) is 11.1. The Kier molecular flexibility index (Phi) is 5.05. The topological polar surface area (TPSA) is 56.3 Å². The minimum absolute atomic E-state index is 0.0458. The molecule has 1 atom stereocenters. The van der Waals surface area contributed by atoms with Gasteiger partial charge in [-0.25, -0.2) is 0 Å². The predicted molar refractivity (Wildman–Crippen MR) is 93.9 cm³/mol. The van der Waals surface area contributed by atoms with Crippen molar-refractivity contribution in [2.45, 2.75) is 38.8 Å². The molecule has 124 valence electrons. The number of hydrogen-bond donors (Lipinski definition) is 2. The highest BCUT2D eigenvalue weighted by Crippen LogP contribution is 2.23. The van der Waals surface area contributed by atoms with Crippen molar-refractivity contribution in [1.82, 2.24) is 9.88 Å². The predicted octanol–water partition coefficient (Wildman–Crippen LogP) is 3.16. The van der Waals surface area contributed by atoms with E-state index in [1.165, 1.54) is 0 Å². The summed E-state index contributed by atoms with van der Waals surface area (Å²) in [6, 6.07) is 7.50. The van der Waals surface area contributed by atoms with Crippen LogP contribution in [0.5, 0.6) is 0 Å². The number of nitrogens with zero attached hydrogens (tertiary/aromatic N) is 1. The summed E-state index contributed by atoms with van der Waals surface area (Å²) in [5.41, 5.74) is 1.51. The van der Waals surface area contributed by atoms with Gasteiger partial charge in [0, 0.05) is 22.6 Å². The number of pyridine rings is 1. The molecule has 0 aliphatic carbocycles. The molecule has 0 radical (unpaired) electrons. The third-order valence-electron chi connectivity index (χ3n) is 4.87. The number of hydrogen-bond acceptors (Lipinski definition) is 3. The van der Waals surface area contributed by atoms with Crippen LogP contribution in [0.3, 0.4) is 0 Å². The third kappa shape index (κ3) is 3.77. The number of aliphatic hydroxyl groups excluding tert-OH is 1. The van der Waals surface area contributed by atoms with Crippen molar-refractivity contribution >= 4 is 22.5 Å². The summed E-state index contributed by atoms with van der Waals surface area (Å²) >= 11 is 5.97. The number of halogens is 1. The van der Waals surface area contributed by atoms with Crippen LogP contribution in [0.2, 0.25) is 5.02 Å². The summed E-state index contributed by atoms with van der Waals surface area (Å²) in [5.74, 6) is 0.397. The Hall–Kier alpha value is -1.36. The molecule has 1 aromatic carbocycles. The Morgan fingerprint density at radius 3 is 2.78 bits per heavy atom. The normalized spacial score (nSPS) is 18.4. The molecule has 2 N–H and O–H groups in total. The smallest absolute Gasteiger partial charge is 0.252 e. The monoisotopic (exact) mass is 334 g/mol. The summed E-state index contributed by atoms with van der Waals surface area (Å²) < 4.78 is 0. The van der Waals surface area contributed by atoms with Crippen molar-refractivity contribution in [2.75, 3.05) is 13.1 Å². The number of nitrogens with one attached hydrogen (secondary N) is 1. The lowest BCUT2D eigenvalue weighted by Gasteiger charge is -2.33. The van der Waals surface area contributed by atoms with Crippen molar-refractivity contribution in [3.63, 3.8) is 0 Å². The fourth-order valence-corrected chi connectivity index (χ4v) is 3.58. The molecule has 1 aromatic heterocycles. The highest BCUT2D eigenvalue weighted by atomic mass is 35.5. The van der Waals surface area contributed by atoms with Crippen LogP contribution in [0.25, 0.3) is 10.9 Å². The number of fused-ring (bicyclic) bond motifs is 1. The van der Waals surface area contributed by atoms with E-state index in [0.29, 0.717) is 17.5 Å². The molecule has 4 nitrogen and oxygen atoms in total. The van der Waals surface area contributed by atoms with Crippen LogP contribution in [0.1, 0.15) is 31.7 Å². The van der Waals surface area contributed by atoms with Crippen molar-refractivity contribution < 1.29 is 5.11 Å². The molecule has 0 bridgehead atoms. The van der Waals surface area contributed by atoms with E-state index in [0.717, 1.165) is 48.8 Å². The summed E-state index contributed by atoms with van der Waals surface area (Å²) in [7, 11) is 0. The fraction of sp³-hybridized carbons (Fsp3) is 0.500. The van der Waals surface area contributed by atoms with Crippen LogP contribution in [0, 0.1) is 5.92 Å². The van der Waals surface area contributed by atoms with Gasteiger partial charge in [-0.05, 0) is 61.9 Å². The second kappa shape index (κ2) is 7.04. The lowest BCUT2D eigenvalue weighted by molar-refractivity contribution is 0.0549. The molecule has 0 spiro atoms. The van der Waals surface area contributed by atoms with E-state index in [9.17, 15) is 9.90 Å². The average Bonchev–Trinajstić information content (AvgIpc) is 2.55. The molecular formula is C18H23ClN2O2. The second-order valence-corrected chi connectivity index (χ2v) is 6.88. The van der Waals surface area contributed by atoms with Gasteiger partial charge in [0.05, 0.1) is 6.10 Å². The van der Waals surface area contributed by atoms with Gasteiger partial charge in [0.25, 0.3) is 5.56 Å². The summed E-state index contributed by atoms with van der Waals surface area (Å²) in [4.78, 5) is 17.5. The zero-order chi connectivity index (χ0) is 16.4. The maximum atomic E-state index is 12.3. The van der Waals surface area contributed by atoms with Crippen LogP contribution in [-0.2, 0) is 6.54 Å². The molecule has 1 fully saturated rings. The molecule has 23 heavy (non-hydrogen) atoms. The van der Waals surface area contributed by atoms with Gasteiger partial charge in [-0.3, -0.25) is 9.69 Å². The van der Waals surface area contributed by atoms with Gasteiger partial charge in [0.15, 0.2) is 0 Å². The summed E-state index contributed by atoms with van der Waals surface area (Å²) in [5, 5.41) is 11.6. The van der Waals surface area contributed by atoms with Gasteiger partial charge >= 0.3 is 0 Å². The first kappa shape index (κ1) is 16.5. The van der Waals surface area contributed by atoms with Crippen LogP contribution < -0.4 is 5.56 Å². The Labute approximate surface area is 141 Å². The highest BCUT2D eigenvalue weighted by Gasteiger charge is 2.24. The molecule has 0 amide bonds. The highest BCUT2D eigenvalue weighted by molar-refractivity contribution is 6.31. The lowest BCUT2D eigenvalue weighted by atomic mass is 9.90. The Morgan fingerprint density at radius 1 is 1.35 bits per heavy atom. The quantitative estimate of drug-likeness (QED) is 0.903. The molecule has 2 aromatic rings. The van der Waals surface area contributed by atoms with Crippen molar-refractivity contribution in [2.24, 2.45) is 5.92 Å². The number of aromatic nitrogens is 1. The number of likely N-dealkylation sites (tertiary alicyclic amines) is 1. The first-order valence-corrected chi connectivity index (χ1v) is 8.66. The maximum absolute atomic E-state index is 12.3. The van der Waals surface area contributed by atoms with Crippen LogP contribution in [0.4, 0.5) is 0 Å².